The van der Waals surface area contributed by atoms with Crippen LogP contribution in [-0.4, -0.2) is 21.9 Å². The van der Waals surface area contributed by atoms with E-state index in [1.165, 1.54) is 11.8 Å². The van der Waals surface area contributed by atoms with E-state index in [9.17, 15) is 4.79 Å². The van der Waals surface area contributed by atoms with Gasteiger partial charge in [0.1, 0.15) is 0 Å². The van der Waals surface area contributed by atoms with Crippen molar-refractivity contribution in [1.82, 2.24) is 15.5 Å². The van der Waals surface area contributed by atoms with E-state index >= 15 is 0 Å². The predicted octanol–water partition coefficient (Wildman–Crippen LogP) is 4.01. The Morgan fingerprint density at radius 1 is 1.16 bits per heavy atom. The highest BCUT2D eigenvalue weighted by molar-refractivity contribution is 7.99. The average molecular weight is 353 g/mol. The predicted molar refractivity (Wildman–Crippen MR) is 98.2 cm³/mol. The molecule has 5 nitrogen and oxygen atoms in total. The van der Waals surface area contributed by atoms with Gasteiger partial charge in [-0.3, -0.25) is 4.79 Å². The van der Waals surface area contributed by atoms with Crippen molar-refractivity contribution in [3.8, 4) is 11.5 Å². The zero-order valence-corrected chi connectivity index (χ0v) is 14.9. The molecule has 1 atom stereocenters. The number of aromatic nitrogens is 2. The second-order valence-electron chi connectivity index (χ2n) is 5.73. The molecule has 6 heteroatoms. The van der Waals surface area contributed by atoms with Gasteiger partial charge in [-0.2, -0.15) is 0 Å². The molecule has 0 radical (unpaired) electrons. The zero-order valence-electron chi connectivity index (χ0n) is 14.1. The lowest BCUT2D eigenvalue weighted by Gasteiger charge is -2.13. The van der Waals surface area contributed by atoms with Crippen LogP contribution in [0, 0.1) is 6.92 Å². The lowest BCUT2D eigenvalue weighted by atomic mass is 10.1. The summed E-state index contributed by atoms with van der Waals surface area (Å²) in [4.78, 5) is 12.1. The Balaban J connectivity index is 1.54. The van der Waals surface area contributed by atoms with Crippen molar-refractivity contribution in [1.29, 1.82) is 0 Å². The molecule has 0 spiro atoms. The Bertz CT molecular complexity index is 849. The van der Waals surface area contributed by atoms with Crippen LogP contribution >= 0.6 is 11.8 Å². The molecular formula is C19H19N3O2S. The molecule has 0 aliphatic carbocycles. The summed E-state index contributed by atoms with van der Waals surface area (Å²) in [7, 11) is 0. The Labute approximate surface area is 150 Å². The summed E-state index contributed by atoms with van der Waals surface area (Å²) in [6, 6.07) is 17.7. The number of thioether (sulfide) groups is 1. The molecule has 25 heavy (non-hydrogen) atoms. The second kappa shape index (κ2) is 7.98. The van der Waals surface area contributed by atoms with E-state index < -0.39 is 0 Å². The normalized spacial score (nSPS) is 11.9. The van der Waals surface area contributed by atoms with Crippen LogP contribution in [0.15, 0.2) is 64.2 Å². The summed E-state index contributed by atoms with van der Waals surface area (Å²) < 4.78 is 5.63. The van der Waals surface area contributed by atoms with Gasteiger partial charge in [0.05, 0.1) is 11.8 Å². The van der Waals surface area contributed by atoms with Crippen LogP contribution in [-0.2, 0) is 4.79 Å². The number of carbonyl (C=O) groups is 1. The van der Waals surface area contributed by atoms with Crippen LogP contribution < -0.4 is 5.32 Å². The third kappa shape index (κ3) is 4.70. The first-order chi connectivity index (χ1) is 12.1. The molecule has 3 rings (SSSR count). The van der Waals surface area contributed by atoms with Crippen molar-refractivity contribution in [2.45, 2.75) is 25.1 Å². The fourth-order valence-corrected chi connectivity index (χ4v) is 2.97. The van der Waals surface area contributed by atoms with Gasteiger partial charge >= 0.3 is 0 Å². The Hall–Kier alpha value is -2.60. The summed E-state index contributed by atoms with van der Waals surface area (Å²) in [5.41, 5.74) is 3.07. The van der Waals surface area contributed by atoms with Crippen LogP contribution in [0.25, 0.3) is 11.5 Å². The van der Waals surface area contributed by atoms with E-state index in [0.29, 0.717) is 11.1 Å². The second-order valence-corrected chi connectivity index (χ2v) is 6.66. The molecule has 0 bridgehead atoms. The molecule has 0 saturated heterocycles. The minimum atomic E-state index is -0.0725. The van der Waals surface area contributed by atoms with E-state index in [0.717, 1.165) is 16.7 Å². The van der Waals surface area contributed by atoms with Gasteiger partial charge in [0.2, 0.25) is 11.8 Å². The van der Waals surface area contributed by atoms with Crippen LogP contribution in [0.4, 0.5) is 0 Å². The van der Waals surface area contributed by atoms with Crippen LogP contribution in [0.1, 0.15) is 24.1 Å². The van der Waals surface area contributed by atoms with Crippen molar-refractivity contribution < 1.29 is 9.21 Å². The number of aryl methyl sites for hydroxylation is 1. The molecule has 0 aliphatic rings. The van der Waals surface area contributed by atoms with Crippen molar-refractivity contribution in [2.75, 3.05) is 5.75 Å². The fraction of sp³-hybridized carbons (Fsp3) is 0.211. The molecule has 128 valence electrons. The van der Waals surface area contributed by atoms with Gasteiger partial charge in [0.15, 0.2) is 0 Å². The molecule has 1 heterocycles. The molecular weight excluding hydrogens is 334 g/mol. The monoisotopic (exact) mass is 353 g/mol. The topological polar surface area (TPSA) is 68.0 Å². The zero-order chi connectivity index (χ0) is 17.6. The maximum Gasteiger partial charge on any atom is 0.277 e. The summed E-state index contributed by atoms with van der Waals surface area (Å²) in [6.45, 7) is 3.97. The first-order valence-corrected chi connectivity index (χ1v) is 8.98. The van der Waals surface area contributed by atoms with Gasteiger partial charge in [-0.05, 0) is 31.5 Å². The van der Waals surface area contributed by atoms with Gasteiger partial charge < -0.3 is 9.73 Å². The van der Waals surface area contributed by atoms with Crippen LogP contribution in [0.5, 0.6) is 0 Å². The highest BCUT2D eigenvalue weighted by Crippen LogP contribution is 2.23. The van der Waals surface area contributed by atoms with Gasteiger partial charge in [0.25, 0.3) is 5.22 Å². The fourth-order valence-electron chi connectivity index (χ4n) is 2.40. The summed E-state index contributed by atoms with van der Waals surface area (Å²) >= 11 is 1.23. The molecule has 0 aliphatic heterocycles. The third-order valence-corrected chi connectivity index (χ3v) is 4.49. The molecule has 2 aromatic carbocycles. The van der Waals surface area contributed by atoms with E-state index in [4.69, 9.17) is 4.42 Å². The Morgan fingerprint density at radius 3 is 2.72 bits per heavy atom. The number of carbonyl (C=O) groups excluding carboxylic acids is 1. The van der Waals surface area contributed by atoms with E-state index in [-0.39, 0.29) is 17.7 Å². The van der Waals surface area contributed by atoms with Crippen LogP contribution in [0.2, 0.25) is 0 Å². The SMILES string of the molecule is Cc1cccc(-c2nnc(SCC(=O)N[C@@H](C)c3ccccc3)o2)c1. The molecule has 0 unspecified atom stereocenters. The molecule has 0 saturated carbocycles. The lowest BCUT2D eigenvalue weighted by Crippen LogP contribution is -2.28. The van der Waals surface area contributed by atoms with Crippen molar-refractivity contribution in [2.24, 2.45) is 0 Å². The standard InChI is InChI=1S/C19H19N3O2S/c1-13-7-6-10-16(11-13)18-21-22-19(24-18)25-12-17(23)20-14(2)15-8-4-3-5-9-15/h3-11,14H,12H2,1-2H3,(H,20,23)/t14-/m0/s1. The number of nitrogens with zero attached hydrogens (tertiary/aromatic N) is 2. The quantitative estimate of drug-likeness (QED) is 0.678. The average Bonchev–Trinajstić information content (AvgIpc) is 3.10. The number of amides is 1. The molecule has 3 aromatic rings. The van der Waals surface area contributed by atoms with Gasteiger partial charge in [-0.15, -0.1) is 10.2 Å². The van der Waals surface area contributed by atoms with Gasteiger partial charge in [0, 0.05) is 5.56 Å². The summed E-state index contributed by atoms with van der Waals surface area (Å²) in [5.74, 6) is 0.619. The molecule has 1 aromatic heterocycles. The molecule has 1 N–H and O–H groups in total. The summed E-state index contributed by atoms with van der Waals surface area (Å²) in [5, 5.41) is 11.4. The maximum atomic E-state index is 12.1. The van der Waals surface area contributed by atoms with Gasteiger partial charge in [-0.1, -0.05) is 59.8 Å². The minimum Gasteiger partial charge on any atom is -0.411 e. The number of benzene rings is 2. The first kappa shape index (κ1) is 17.2. The number of hydrogen-bond donors (Lipinski definition) is 1. The van der Waals surface area contributed by atoms with Gasteiger partial charge in [-0.25, -0.2) is 0 Å². The van der Waals surface area contributed by atoms with E-state index in [1.807, 2.05) is 68.4 Å². The van der Waals surface area contributed by atoms with E-state index in [1.54, 1.807) is 0 Å². The maximum absolute atomic E-state index is 12.1. The third-order valence-electron chi connectivity index (χ3n) is 3.68. The number of nitrogens with one attached hydrogen (secondary N) is 1. The van der Waals surface area contributed by atoms with E-state index in [2.05, 4.69) is 15.5 Å². The number of rotatable bonds is 6. The highest BCUT2D eigenvalue weighted by Gasteiger charge is 2.13. The Morgan fingerprint density at radius 2 is 1.96 bits per heavy atom. The first-order valence-electron chi connectivity index (χ1n) is 7.99. The smallest absolute Gasteiger partial charge is 0.277 e. The number of hydrogen-bond acceptors (Lipinski definition) is 5. The van der Waals surface area contributed by atoms with Crippen molar-refractivity contribution in [3.05, 3.63) is 65.7 Å². The lowest BCUT2D eigenvalue weighted by molar-refractivity contribution is -0.119. The molecule has 0 fully saturated rings. The molecule has 1 amide bonds. The summed E-state index contributed by atoms with van der Waals surface area (Å²) in [6.07, 6.45) is 0. The van der Waals surface area contributed by atoms with Crippen molar-refractivity contribution >= 4 is 17.7 Å². The largest absolute Gasteiger partial charge is 0.411 e. The highest BCUT2D eigenvalue weighted by atomic mass is 32.2. The minimum absolute atomic E-state index is 0.0418. The Kier molecular flexibility index (Phi) is 5.50. The van der Waals surface area contributed by atoms with Crippen LogP contribution in [0.3, 0.4) is 0 Å². The van der Waals surface area contributed by atoms with Crippen molar-refractivity contribution in [3.63, 3.8) is 0 Å².